The van der Waals surface area contributed by atoms with Crippen LogP contribution in [-0.2, 0) is 6.18 Å². The van der Waals surface area contributed by atoms with Crippen LogP contribution in [0.25, 0.3) is 0 Å². The Hall–Kier alpha value is -2.51. The predicted molar refractivity (Wildman–Crippen MR) is 97.7 cm³/mol. The number of hydrogen-bond donors (Lipinski definition) is 0. The molecule has 0 aliphatic heterocycles. The normalized spacial score (nSPS) is 12.2. The van der Waals surface area contributed by atoms with Crippen molar-refractivity contribution in [1.29, 1.82) is 0 Å². The highest BCUT2D eigenvalue weighted by atomic mass is 19.4. The third-order valence-electron chi connectivity index (χ3n) is 3.36. The van der Waals surface area contributed by atoms with Gasteiger partial charge < -0.3 is 14.4 Å². The van der Waals surface area contributed by atoms with Crippen molar-refractivity contribution in [3.8, 4) is 11.8 Å². The molecular formula is C19H24F3N3O2. The van der Waals surface area contributed by atoms with Crippen LogP contribution in [0.4, 0.5) is 24.7 Å². The van der Waals surface area contributed by atoms with E-state index in [0.717, 1.165) is 6.20 Å². The minimum atomic E-state index is -4.59. The van der Waals surface area contributed by atoms with Crippen molar-refractivity contribution in [3.05, 3.63) is 36.0 Å². The van der Waals surface area contributed by atoms with Crippen molar-refractivity contribution < 1.29 is 22.6 Å². The highest BCUT2D eigenvalue weighted by Gasteiger charge is 2.37. The molecule has 27 heavy (non-hydrogen) atoms. The molecule has 0 aliphatic rings. The van der Waals surface area contributed by atoms with Crippen molar-refractivity contribution in [1.82, 2.24) is 9.97 Å². The Morgan fingerprint density at radius 1 is 1.04 bits per heavy atom. The molecule has 0 spiro atoms. The third kappa shape index (κ3) is 5.74. The molecule has 8 heteroatoms. The fourth-order valence-electron chi connectivity index (χ4n) is 2.28. The first-order valence-electron chi connectivity index (χ1n) is 8.50. The van der Waals surface area contributed by atoms with E-state index in [9.17, 15) is 13.2 Å². The van der Waals surface area contributed by atoms with Gasteiger partial charge in [0, 0.05) is 18.9 Å². The summed E-state index contributed by atoms with van der Waals surface area (Å²) >= 11 is 0. The highest BCUT2D eigenvalue weighted by molar-refractivity contribution is 5.63. The van der Waals surface area contributed by atoms with Crippen molar-refractivity contribution in [3.63, 3.8) is 0 Å². The zero-order chi connectivity index (χ0) is 20.4. The molecule has 1 aromatic carbocycles. The smallest absolute Gasteiger partial charge is 0.421 e. The summed E-state index contributed by atoms with van der Waals surface area (Å²) in [5.41, 5.74) is -1.04. The van der Waals surface area contributed by atoms with E-state index in [1.54, 1.807) is 45.0 Å². The molecule has 0 N–H and O–H groups in total. The monoisotopic (exact) mass is 383 g/mol. The molecule has 0 saturated carbocycles. The van der Waals surface area contributed by atoms with Crippen molar-refractivity contribution in [2.75, 3.05) is 11.9 Å². The van der Waals surface area contributed by atoms with Crippen molar-refractivity contribution >= 4 is 11.5 Å². The minimum Gasteiger partial charge on any atom is -0.491 e. The van der Waals surface area contributed by atoms with Gasteiger partial charge in [0.1, 0.15) is 16.9 Å². The molecule has 0 bridgehead atoms. The molecular weight excluding hydrogens is 359 g/mol. The van der Waals surface area contributed by atoms with Gasteiger partial charge in [0.05, 0.1) is 6.10 Å². The van der Waals surface area contributed by atoms with Crippen LogP contribution in [0.5, 0.6) is 11.8 Å². The fraction of sp³-hybridized carbons (Fsp3) is 0.474. The largest absolute Gasteiger partial charge is 0.491 e. The van der Waals surface area contributed by atoms with E-state index in [1.165, 1.54) is 11.9 Å². The van der Waals surface area contributed by atoms with Crippen LogP contribution in [0, 0.1) is 0 Å². The average Bonchev–Trinajstić information content (AvgIpc) is 2.51. The Bertz CT molecular complexity index is 769. The first kappa shape index (κ1) is 20.8. The summed E-state index contributed by atoms with van der Waals surface area (Å²) in [6.07, 6.45) is -3.84. The van der Waals surface area contributed by atoms with Crippen molar-refractivity contribution in [2.24, 2.45) is 0 Å². The van der Waals surface area contributed by atoms with E-state index in [4.69, 9.17) is 9.47 Å². The molecule has 148 valence electrons. The van der Waals surface area contributed by atoms with Gasteiger partial charge in [0.25, 0.3) is 0 Å². The van der Waals surface area contributed by atoms with Gasteiger partial charge in [-0.05, 0) is 58.9 Å². The molecule has 2 aromatic rings. The van der Waals surface area contributed by atoms with Crippen molar-refractivity contribution in [2.45, 2.75) is 52.5 Å². The summed E-state index contributed by atoms with van der Waals surface area (Å²) < 4.78 is 51.4. The quantitative estimate of drug-likeness (QED) is 0.708. The summed E-state index contributed by atoms with van der Waals surface area (Å²) in [6, 6.07) is 6.63. The topological polar surface area (TPSA) is 47.5 Å². The number of aromatic nitrogens is 2. The van der Waals surface area contributed by atoms with Crippen LogP contribution in [-0.4, -0.2) is 28.7 Å². The maximum atomic E-state index is 13.4. The van der Waals surface area contributed by atoms with E-state index >= 15 is 0 Å². The van der Waals surface area contributed by atoms with Gasteiger partial charge in [-0.1, -0.05) is 0 Å². The second-order valence-corrected chi connectivity index (χ2v) is 7.32. The molecule has 0 radical (unpaired) electrons. The number of ether oxygens (including phenoxy) is 2. The summed E-state index contributed by atoms with van der Waals surface area (Å²) in [5.74, 6) is 0.354. The maximum absolute atomic E-state index is 13.4. The van der Waals surface area contributed by atoms with E-state index in [2.05, 4.69) is 9.97 Å². The van der Waals surface area contributed by atoms with Crippen LogP contribution in [0.2, 0.25) is 0 Å². The number of rotatable bonds is 5. The van der Waals surface area contributed by atoms with Gasteiger partial charge in [-0.25, -0.2) is 4.98 Å². The number of hydrogen-bond acceptors (Lipinski definition) is 5. The summed E-state index contributed by atoms with van der Waals surface area (Å²) in [7, 11) is 1.51. The van der Waals surface area contributed by atoms with Gasteiger partial charge in [-0.2, -0.15) is 18.2 Å². The molecule has 0 aliphatic carbocycles. The fourth-order valence-corrected chi connectivity index (χ4v) is 2.28. The Kier molecular flexibility index (Phi) is 5.87. The second-order valence-electron chi connectivity index (χ2n) is 7.32. The van der Waals surface area contributed by atoms with Gasteiger partial charge in [0.15, 0.2) is 5.82 Å². The lowest BCUT2D eigenvalue weighted by Gasteiger charge is -2.25. The molecule has 1 aromatic heterocycles. The van der Waals surface area contributed by atoms with Crippen LogP contribution < -0.4 is 14.4 Å². The van der Waals surface area contributed by atoms with Gasteiger partial charge in [0.2, 0.25) is 0 Å². The molecule has 0 fully saturated rings. The van der Waals surface area contributed by atoms with Crippen LogP contribution in [0.1, 0.15) is 40.2 Å². The zero-order valence-corrected chi connectivity index (χ0v) is 16.3. The molecule has 0 amide bonds. The first-order chi connectivity index (χ1) is 12.4. The average molecular weight is 383 g/mol. The lowest BCUT2D eigenvalue weighted by atomic mass is 10.2. The number of alkyl halides is 3. The zero-order valence-electron chi connectivity index (χ0n) is 16.3. The van der Waals surface area contributed by atoms with E-state index in [0.29, 0.717) is 11.4 Å². The van der Waals surface area contributed by atoms with E-state index in [-0.39, 0.29) is 17.9 Å². The van der Waals surface area contributed by atoms with Crippen LogP contribution >= 0.6 is 0 Å². The lowest BCUT2D eigenvalue weighted by molar-refractivity contribution is -0.137. The summed E-state index contributed by atoms with van der Waals surface area (Å²) in [6.45, 7) is 9.10. The Morgan fingerprint density at radius 2 is 1.63 bits per heavy atom. The Balaban J connectivity index is 2.42. The molecule has 5 nitrogen and oxygen atoms in total. The maximum Gasteiger partial charge on any atom is 0.421 e. The summed E-state index contributed by atoms with van der Waals surface area (Å²) in [5, 5.41) is 0. The Morgan fingerprint density at radius 3 is 2.11 bits per heavy atom. The van der Waals surface area contributed by atoms with Gasteiger partial charge in [-0.3, -0.25) is 0 Å². The van der Waals surface area contributed by atoms with E-state index in [1.807, 2.05) is 13.8 Å². The highest BCUT2D eigenvalue weighted by Crippen LogP contribution is 2.38. The van der Waals surface area contributed by atoms with Crippen LogP contribution in [0.3, 0.4) is 0 Å². The third-order valence-corrected chi connectivity index (χ3v) is 3.36. The van der Waals surface area contributed by atoms with E-state index < -0.39 is 17.3 Å². The summed E-state index contributed by atoms with van der Waals surface area (Å²) in [4.78, 5) is 9.07. The second kappa shape index (κ2) is 7.62. The van der Waals surface area contributed by atoms with Gasteiger partial charge >= 0.3 is 12.2 Å². The predicted octanol–water partition coefficient (Wildman–Crippen LogP) is 5.23. The molecule has 0 unspecified atom stereocenters. The number of nitrogens with zero attached hydrogens (tertiary/aromatic N) is 3. The number of anilines is 2. The standard InChI is InChI=1S/C19H24F3N3O2/c1-12(2)26-14-9-7-13(8-10-14)25(6)16-15(19(20,21)22)11-23-17(24-16)27-18(3,4)5/h7-12H,1-6H3. The van der Waals surface area contributed by atoms with Gasteiger partial charge in [-0.15, -0.1) is 0 Å². The first-order valence-corrected chi connectivity index (χ1v) is 8.50. The Labute approximate surface area is 157 Å². The van der Waals surface area contributed by atoms with Crippen LogP contribution in [0.15, 0.2) is 30.5 Å². The SMILES string of the molecule is CC(C)Oc1ccc(N(C)c2nc(OC(C)(C)C)ncc2C(F)(F)F)cc1. The lowest BCUT2D eigenvalue weighted by Crippen LogP contribution is -2.26. The molecule has 0 atom stereocenters. The number of halogens is 3. The molecule has 1 heterocycles. The molecule has 2 rings (SSSR count). The minimum absolute atomic E-state index is 0.00406. The molecule has 0 saturated heterocycles. The number of benzene rings is 1.